The second-order valence-electron chi connectivity index (χ2n) is 3.62. The molecule has 0 amide bonds. The largest absolute Gasteiger partial charge is 0.287 e. The fraction of sp³-hybridized carbons (Fsp3) is 0.0769. The SMILES string of the molecule is O=C(C[n+]1cccc(Cl)c1)c1ccc(F)cc1. The molecule has 0 unspecified atom stereocenters. The van der Waals surface area contributed by atoms with Crippen molar-refractivity contribution >= 4 is 17.4 Å². The van der Waals surface area contributed by atoms with Crippen molar-refractivity contribution in [1.82, 2.24) is 0 Å². The van der Waals surface area contributed by atoms with Gasteiger partial charge in [0.1, 0.15) is 10.8 Å². The predicted octanol–water partition coefficient (Wildman–Crippen LogP) is 2.65. The molecule has 0 bridgehead atoms. The maximum Gasteiger partial charge on any atom is 0.227 e. The molecule has 0 spiro atoms. The van der Waals surface area contributed by atoms with Gasteiger partial charge < -0.3 is 0 Å². The molecule has 2 aromatic rings. The van der Waals surface area contributed by atoms with Crippen molar-refractivity contribution in [3.8, 4) is 0 Å². The number of hydrogen-bond acceptors (Lipinski definition) is 1. The lowest BCUT2D eigenvalue weighted by atomic mass is 10.1. The smallest absolute Gasteiger partial charge is 0.227 e. The fourth-order valence-corrected chi connectivity index (χ4v) is 1.68. The third kappa shape index (κ3) is 3.11. The van der Waals surface area contributed by atoms with E-state index in [0.29, 0.717) is 10.6 Å². The molecule has 0 saturated heterocycles. The highest BCUT2D eigenvalue weighted by atomic mass is 35.5. The van der Waals surface area contributed by atoms with E-state index in [1.54, 1.807) is 29.1 Å². The zero-order valence-electron chi connectivity index (χ0n) is 8.94. The first-order valence-corrected chi connectivity index (χ1v) is 5.46. The Morgan fingerprint density at radius 2 is 1.94 bits per heavy atom. The van der Waals surface area contributed by atoms with Crippen molar-refractivity contribution in [1.29, 1.82) is 0 Å². The molecule has 2 rings (SSSR count). The van der Waals surface area contributed by atoms with Crippen LogP contribution in [0.2, 0.25) is 5.02 Å². The van der Waals surface area contributed by atoms with E-state index in [2.05, 4.69) is 0 Å². The first-order chi connectivity index (χ1) is 8.15. The molecule has 0 fully saturated rings. The molecule has 0 radical (unpaired) electrons. The Kier molecular flexibility index (Phi) is 3.49. The van der Waals surface area contributed by atoms with Crippen molar-refractivity contribution in [2.45, 2.75) is 6.54 Å². The fourth-order valence-electron chi connectivity index (χ4n) is 1.48. The minimum absolute atomic E-state index is 0.0859. The van der Waals surface area contributed by atoms with Gasteiger partial charge in [0.15, 0.2) is 12.4 Å². The zero-order valence-corrected chi connectivity index (χ0v) is 9.69. The van der Waals surface area contributed by atoms with Gasteiger partial charge in [-0.15, -0.1) is 0 Å². The molecule has 1 aromatic heterocycles. The molecule has 0 N–H and O–H groups in total. The Labute approximate surface area is 103 Å². The van der Waals surface area contributed by atoms with E-state index in [1.165, 1.54) is 24.3 Å². The van der Waals surface area contributed by atoms with E-state index >= 15 is 0 Å². The third-order valence-electron chi connectivity index (χ3n) is 2.31. The normalized spacial score (nSPS) is 10.2. The number of benzene rings is 1. The highest BCUT2D eigenvalue weighted by Crippen LogP contribution is 2.05. The number of carbonyl (C=O) groups is 1. The lowest BCUT2D eigenvalue weighted by Crippen LogP contribution is -2.37. The minimum Gasteiger partial charge on any atom is -0.287 e. The summed E-state index contributed by atoms with van der Waals surface area (Å²) < 4.78 is 14.4. The Balaban J connectivity index is 2.14. The van der Waals surface area contributed by atoms with Crippen molar-refractivity contribution in [3.63, 3.8) is 0 Å². The molecule has 1 heterocycles. The average Bonchev–Trinajstić information content (AvgIpc) is 2.29. The molecular formula is C13H10ClFNO+. The van der Waals surface area contributed by atoms with Crippen molar-refractivity contribution in [2.24, 2.45) is 0 Å². The molecule has 0 aliphatic heterocycles. The number of hydrogen-bond donors (Lipinski definition) is 0. The average molecular weight is 251 g/mol. The van der Waals surface area contributed by atoms with Gasteiger partial charge in [-0.1, -0.05) is 11.6 Å². The monoisotopic (exact) mass is 250 g/mol. The first kappa shape index (κ1) is 11.7. The summed E-state index contributed by atoms with van der Waals surface area (Å²) in [4.78, 5) is 11.9. The summed E-state index contributed by atoms with van der Waals surface area (Å²) >= 11 is 5.81. The second kappa shape index (κ2) is 5.06. The van der Waals surface area contributed by atoms with Gasteiger partial charge in [-0.05, 0) is 30.3 Å². The number of ketones is 1. The molecule has 0 atom stereocenters. The van der Waals surface area contributed by atoms with Crippen LogP contribution in [0.1, 0.15) is 10.4 Å². The van der Waals surface area contributed by atoms with Crippen molar-refractivity contribution < 1.29 is 13.8 Å². The summed E-state index contributed by atoms with van der Waals surface area (Å²) in [5.74, 6) is -0.436. The quantitative estimate of drug-likeness (QED) is 0.606. The van der Waals surface area contributed by atoms with E-state index < -0.39 is 0 Å². The molecule has 4 heteroatoms. The van der Waals surface area contributed by atoms with Gasteiger partial charge in [0, 0.05) is 11.6 Å². The zero-order chi connectivity index (χ0) is 12.3. The van der Waals surface area contributed by atoms with Gasteiger partial charge in [0.25, 0.3) is 0 Å². The van der Waals surface area contributed by atoms with Crippen LogP contribution < -0.4 is 4.57 Å². The van der Waals surface area contributed by atoms with E-state index in [9.17, 15) is 9.18 Å². The Morgan fingerprint density at radius 3 is 2.59 bits per heavy atom. The first-order valence-electron chi connectivity index (χ1n) is 5.08. The van der Waals surface area contributed by atoms with E-state index in [1.807, 2.05) is 0 Å². The van der Waals surface area contributed by atoms with Crippen molar-refractivity contribution in [3.05, 3.63) is 65.2 Å². The predicted molar refractivity (Wildman–Crippen MR) is 62.4 cm³/mol. The Bertz CT molecular complexity index is 539. The van der Waals surface area contributed by atoms with E-state index in [0.717, 1.165) is 0 Å². The van der Waals surface area contributed by atoms with Crippen LogP contribution in [0.5, 0.6) is 0 Å². The molecule has 0 aliphatic carbocycles. The van der Waals surface area contributed by atoms with Crippen LogP contribution in [0.15, 0.2) is 48.8 Å². The van der Waals surface area contributed by atoms with Crippen LogP contribution in [0.25, 0.3) is 0 Å². The number of nitrogens with zero attached hydrogens (tertiary/aromatic N) is 1. The van der Waals surface area contributed by atoms with E-state index in [-0.39, 0.29) is 18.1 Å². The maximum absolute atomic E-state index is 12.7. The second-order valence-corrected chi connectivity index (χ2v) is 4.06. The third-order valence-corrected chi connectivity index (χ3v) is 2.54. The molecule has 1 aromatic carbocycles. The maximum atomic E-state index is 12.7. The molecule has 86 valence electrons. The number of Topliss-reactive ketones (excluding diaryl/α,β-unsaturated/α-hetero) is 1. The molecule has 2 nitrogen and oxygen atoms in total. The van der Waals surface area contributed by atoms with Crippen LogP contribution in [0, 0.1) is 5.82 Å². The summed E-state index contributed by atoms with van der Waals surface area (Å²) in [6.45, 7) is 0.187. The number of carbonyl (C=O) groups excluding carboxylic acids is 1. The van der Waals surface area contributed by atoms with E-state index in [4.69, 9.17) is 11.6 Å². The van der Waals surface area contributed by atoms with Gasteiger partial charge in [0.05, 0.1) is 0 Å². The van der Waals surface area contributed by atoms with Crippen LogP contribution in [-0.4, -0.2) is 5.78 Å². The van der Waals surface area contributed by atoms with Crippen molar-refractivity contribution in [2.75, 3.05) is 0 Å². The molecule has 0 saturated carbocycles. The van der Waals surface area contributed by atoms with Gasteiger partial charge in [-0.25, -0.2) is 4.39 Å². The highest BCUT2D eigenvalue weighted by Gasteiger charge is 2.12. The summed E-state index contributed by atoms with van der Waals surface area (Å²) in [6.07, 6.45) is 3.43. The minimum atomic E-state index is -0.350. The summed E-state index contributed by atoms with van der Waals surface area (Å²) in [5.41, 5.74) is 0.485. The number of aromatic nitrogens is 1. The topological polar surface area (TPSA) is 20.9 Å². The lowest BCUT2D eigenvalue weighted by Gasteiger charge is -1.98. The number of halogens is 2. The summed E-state index contributed by atoms with van der Waals surface area (Å²) in [5, 5.41) is 0.569. The van der Waals surface area contributed by atoms with Crippen LogP contribution in [0.4, 0.5) is 4.39 Å². The highest BCUT2D eigenvalue weighted by molar-refractivity contribution is 6.30. The van der Waals surface area contributed by atoms with Gasteiger partial charge in [-0.3, -0.25) is 4.79 Å². The molecule has 17 heavy (non-hydrogen) atoms. The Hall–Kier alpha value is -1.74. The molecule has 0 aliphatic rings. The Morgan fingerprint density at radius 1 is 1.24 bits per heavy atom. The van der Waals surface area contributed by atoms with Crippen LogP contribution in [0.3, 0.4) is 0 Å². The van der Waals surface area contributed by atoms with Gasteiger partial charge in [0.2, 0.25) is 12.3 Å². The van der Waals surface area contributed by atoms with Gasteiger partial charge >= 0.3 is 0 Å². The van der Waals surface area contributed by atoms with Gasteiger partial charge in [-0.2, -0.15) is 4.57 Å². The summed E-state index contributed by atoms with van der Waals surface area (Å²) in [6, 6.07) is 9.00. The lowest BCUT2D eigenvalue weighted by molar-refractivity contribution is -0.683. The number of rotatable bonds is 3. The standard InChI is InChI=1S/C13H10ClFNO/c14-11-2-1-7-16(8-11)9-13(17)10-3-5-12(15)6-4-10/h1-8H,9H2/q+1. The number of pyridine rings is 1. The summed E-state index contributed by atoms with van der Waals surface area (Å²) in [7, 11) is 0. The van der Waals surface area contributed by atoms with Crippen LogP contribution in [-0.2, 0) is 6.54 Å². The molecular weight excluding hydrogens is 241 g/mol. The van der Waals surface area contributed by atoms with Crippen LogP contribution >= 0.6 is 11.6 Å².